The second-order valence-corrected chi connectivity index (χ2v) is 6.92. The van der Waals surface area contributed by atoms with Gasteiger partial charge in [0.15, 0.2) is 5.69 Å². The topological polar surface area (TPSA) is 67.2 Å². The Hall–Kier alpha value is -2.37. The molecule has 0 saturated carbocycles. The number of aryl methyl sites for hydroxylation is 1. The zero-order valence-corrected chi connectivity index (χ0v) is 13.8. The van der Waals surface area contributed by atoms with Gasteiger partial charge >= 0.3 is 0 Å². The number of fused-ring (bicyclic) bond motifs is 3. The second kappa shape index (κ2) is 5.92. The number of rotatable bonds is 3. The van der Waals surface area contributed by atoms with Crippen LogP contribution in [0, 0.1) is 0 Å². The molecule has 2 amide bonds. The molecule has 6 heteroatoms. The van der Waals surface area contributed by atoms with E-state index in [4.69, 9.17) is 0 Å². The van der Waals surface area contributed by atoms with Crippen LogP contribution in [0.25, 0.3) is 10.9 Å². The smallest absolute Gasteiger partial charge is 0.272 e. The minimum Gasteiger partial charge on any atom is -0.348 e. The van der Waals surface area contributed by atoms with Crippen molar-refractivity contribution in [2.75, 3.05) is 0 Å². The summed E-state index contributed by atoms with van der Waals surface area (Å²) in [6.45, 7) is 0. The molecular formula is C18H22N4O2. The zero-order chi connectivity index (χ0) is 16.7. The molecule has 2 aromatic rings. The number of hydrogen-bond acceptors (Lipinski definition) is 3. The van der Waals surface area contributed by atoms with E-state index in [1.54, 1.807) is 4.68 Å². The summed E-state index contributed by atoms with van der Waals surface area (Å²) in [5.41, 5.74) is 1.44. The van der Waals surface area contributed by atoms with Crippen molar-refractivity contribution in [3.8, 4) is 0 Å². The predicted molar refractivity (Wildman–Crippen MR) is 90.5 cm³/mol. The Bertz CT molecular complexity index is 770. The van der Waals surface area contributed by atoms with Gasteiger partial charge in [-0.2, -0.15) is 5.10 Å². The molecule has 0 spiro atoms. The fourth-order valence-corrected chi connectivity index (χ4v) is 4.34. The third-order valence-corrected chi connectivity index (χ3v) is 5.46. The first-order chi connectivity index (χ1) is 11.7. The van der Waals surface area contributed by atoms with Gasteiger partial charge in [0.25, 0.3) is 5.91 Å². The molecule has 2 fully saturated rings. The lowest BCUT2D eigenvalue weighted by atomic mass is 9.82. The van der Waals surface area contributed by atoms with Gasteiger partial charge in [0.1, 0.15) is 0 Å². The number of para-hydroxylation sites is 1. The average Bonchev–Trinajstić information content (AvgIpc) is 2.91. The van der Waals surface area contributed by atoms with Crippen molar-refractivity contribution in [3.05, 3.63) is 30.0 Å². The summed E-state index contributed by atoms with van der Waals surface area (Å²) in [6.07, 6.45) is 5.91. The van der Waals surface area contributed by atoms with Crippen molar-refractivity contribution in [1.29, 1.82) is 0 Å². The predicted octanol–water partition coefficient (Wildman–Crippen LogP) is 1.84. The van der Waals surface area contributed by atoms with E-state index in [9.17, 15) is 9.59 Å². The van der Waals surface area contributed by atoms with Crippen LogP contribution >= 0.6 is 0 Å². The summed E-state index contributed by atoms with van der Waals surface area (Å²) in [5.74, 6) is -0.116. The van der Waals surface area contributed by atoms with Crippen LogP contribution in [-0.2, 0) is 11.8 Å². The molecule has 0 aliphatic carbocycles. The van der Waals surface area contributed by atoms with E-state index >= 15 is 0 Å². The number of carbonyl (C=O) groups is 2. The van der Waals surface area contributed by atoms with E-state index in [1.807, 2.05) is 36.2 Å². The van der Waals surface area contributed by atoms with Crippen LogP contribution in [0.2, 0.25) is 0 Å². The van der Waals surface area contributed by atoms with Gasteiger partial charge in [0.05, 0.1) is 5.52 Å². The second-order valence-electron chi connectivity index (χ2n) is 6.92. The van der Waals surface area contributed by atoms with E-state index < -0.39 is 0 Å². The molecular weight excluding hydrogens is 304 g/mol. The van der Waals surface area contributed by atoms with E-state index in [0.717, 1.165) is 43.0 Å². The lowest BCUT2D eigenvalue weighted by molar-refractivity contribution is -0.127. The largest absolute Gasteiger partial charge is 0.348 e. The van der Waals surface area contributed by atoms with Crippen LogP contribution in [0.15, 0.2) is 24.3 Å². The van der Waals surface area contributed by atoms with Crippen molar-refractivity contribution in [1.82, 2.24) is 20.0 Å². The fourth-order valence-electron chi connectivity index (χ4n) is 4.34. The lowest BCUT2D eigenvalue weighted by Gasteiger charge is -2.47. The molecule has 3 atom stereocenters. The number of benzene rings is 1. The van der Waals surface area contributed by atoms with Gasteiger partial charge in [0, 0.05) is 30.6 Å². The quantitative estimate of drug-likeness (QED) is 0.875. The summed E-state index contributed by atoms with van der Waals surface area (Å²) in [7, 11) is 1.85. The van der Waals surface area contributed by atoms with Crippen LogP contribution in [0.5, 0.6) is 0 Å². The highest BCUT2D eigenvalue weighted by Gasteiger charge is 2.38. The number of hydrogen-bond donors (Lipinski definition) is 1. The molecule has 2 aliphatic rings. The van der Waals surface area contributed by atoms with Gasteiger partial charge < -0.3 is 10.2 Å². The normalized spacial score (nSPS) is 26.4. The molecule has 1 N–H and O–H groups in total. The first-order valence-electron chi connectivity index (χ1n) is 8.62. The fraction of sp³-hybridized carbons (Fsp3) is 0.500. The number of aromatic nitrogens is 2. The van der Waals surface area contributed by atoms with Crippen molar-refractivity contribution >= 4 is 23.2 Å². The standard InChI is InChI=1S/C18H22N4O2/c1-21-16-8-3-2-7-15(16)17(20-21)18(24)19-12-9-13-5-4-6-14(10-12)22(13)11-23/h2-3,7-8,11-14H,4-6,9-10H2,1H3,(H,19,24)/t12?,13-,14?/m0/s1. The van der Waals surface area contributed by atoms with Crippen LogP contribution in [0.1, 0.15) is 42.6 Å². The van der Waals surface area contributed by atoms with Gasteiger partial charge in [-0.15, -0.1) is 0 Å². The molecule has 2 unspecified atom stereocenters. The van der Waals surface area contributed by atoms with Crippen molar-refractivity contribution in [2.45, 2.75) is 50.2 Å². The van der Waals surface area contributed by atoms with E-state index in [-0.39, 0.29) is 24.0 Å². The van der Waals surface area contributed by atoms with Crippen molar-refractivity contribution in [3.63, 3.8) is 0 Å². The number of piperidine rings is 2. The third-order valence-electron chi connectivity index (χ3n) is 5.46. The Kier molecular flexibility index (Phi) is 3.75. The summed E-state index contributed by atoms with van der Waals surface area (Å²) in [4.78, 5) is 26.0. The van der Waals surface area contributed by atoms with Gasteiger partial charge in [-0.05, 0) is 38.2 Å². The Morgan fingerprint density at radius 1 is 1.25 bits per heavy atom. The van der Waals surface area contributed by atoms with E-state index in [2.05, 4.69) is 10.4 Å². The highest BCUT2D eigenvalue weighted by Crippen LogP contribution is 2.33. The highest BCUT2D eigenvalue weighted by atomic mass is 16.2. The van der Waals surface area contributed by atoms with Crippen LogP contribution < -0.4 is 5.32 Å². The summed E-state index contributed by atoms with van der Waals surface area (Å²) >= 11 is 0. The third kappa shape index (κ3) is 2.46. The molecule has 24 heavy (non-hydrogen) atoms. The summed E-state index contributed by atoms with van der Waals surface area (Å²) < 4.78 is 1.74. The monoisotopic (exact) mass is 326 g/mol. The Morgan fingerprint density at radius 3 is 2.67 bits per heavy atom. The highest BCUT2D eigenvalue weighted by molar-refractivity contribution is 6.04. The van der Waals surface area contributed by atoms with Gasteiger partial charge in [-0.25, -0.2) is 0 Å². The maximum Gasteiger partial charge on any atom is 0.272 e. The van der Waals surface area contributed by atoms with Crippen molar-refractivity contribution in [2.24, 2.45) is 7.05 Å². The Labute approximate surface area is 140 Å². The molecule has 0 radical (unpaired) electrons. The maximum absolute atomic E-state index is 12.7. The number of carbonyl (C=O) groups excluding carboxylic acids is 2. The molecule has 3 heterocycles. The molecule has 1 aromatic heterocycles. The Morgan fingerprint density at radius 2 is 1.96 bits per heavy atom. The summed E-state index contributed by atoms with van der Waals surface area (Å²) in [6, 6.07) is 8.41. The molecule has 1 aromatic carbocycles. The molecule has 2 bridgehead atoms. The zero-order valence-electron chi connectivity index (χ0n) is 13.8. The van der Waals surface area contributed by atoms with Gasteiger partial charge in [-0.1, -0.05) is 18.2 Å². The van der Waals surface area contributed by atoms with Crippen molar-refractivity contribution < 1.29 is 9.59 Å². The minimum absolute atomic E-state index is 0.116. The lowest BCUT2D eigenvalue weighted by Crippen LogP contribution is -2.56. The molecule has 2 aliphatic heterocycles. The Balaban J connectivity index is 1.53. The van der Waals surface area contributed by atoms with Crippen LogP contribution in [0.4, 0.5) is 0 Å². The molecule has 126 valence electrons. The molecule has 4 rings (SSSR count). The van der Waals surface area contributed by atoms with Crippen LogP contribution in [0.3, 0.4) is 0 Å². The molecule has 6 nitrogen and oxygen atoms in total. The molecule has 2 saturated heterocycles. The number of nitrogens with zero attached hydrogens (tertiary/aromatic N) is 3. The first-order valence-corrected chi connectivity index (χ1v) is 8.62. The average molecular weight is 326 g/mol. The number of amides is 2. The van der Waals surface area contributed by atoms with Crippen LogP contribution in [-0.4, -0.2) is 45.1 Å². The van der Waals surface area contributed by atoms with E-state index in [0.29, 0.717) is 5.69 Å². The summed E-state index contributed by atoms with van der Waals surface area (Å²) in [5, 5.41) is 8.43. The maximum atomic E-state index is 12.7. The van der Waals surface area contributed by atoms with E-state index in [1.165, 1.54) is 6.42 Å². The first kappa shape index (κ1) is 15.2. The minimum atomic E-state index is -0.116. The van der Waals surface area contributed by atoms with Gasteiger partial charge in [0.2, 0.25) is 6.41 Å². The number of nitrogens with one attached hydrogen (secondary N) is 1. The SMILES string of the molecule is Cn1nc(C(=O)NC2CC3CCC[C@@H](C2)N3C=O)c2ccccc21. The van der Waals surface area contributed by atoms with Gasteiger partial charge in [-0.3, -0.25) is 14.3 Å².